The molecule has 0 heterocycles. The van der Waals surface area contributed by atoms with Crippen LogP contribution < -0.4 is 11.1 Å². The number of rotatable bonds is 8. The Morgan fingerprint density at radius 1 is 1.30 bits per heavy atom. The van der Waals surface area contributed by atoms with Gasteiger partial charge in [-0.2, -0.15) is 0 Å². The normalized spacial score (nSPS) is 12.3. The molecule has 0 aliphatic rings. The fraction of sp³-hybridized carbons (Fsp3) is 0.467. The van der Waals surface area contributed by atoms with Gasteiger partial charge in [0.1, 0.15) is 12.6 Å². The van der Waals surface area contributed by atoms with Gasteiger partial charge in [0.15, 0.2) is 0 Å². The largest absolute Gasteiger partial charge is 0.467 e. The minimum atomic E-state index is -3.11. The van der Waals surface area contributed by atoms with E-state index in [-0.39, 0.29) is 13.0 Å². The zero-order valence-electron chi connectivity index (χ0n) is 12.8. The standard InChI is InChI=1S/C15H20F2N2O4/c1-22-13(20)12(7-8-15(16,17)10-18)19-14(21)23-9-11-5-3-2-4-6-11/h2-6,12H,7-10,18H2,1H3,(H,19,21)/t12-/m0/s1. The molecule has 1 rings (SSSR count). The topological polar surface area (TPSA) is 90.6 Å². The van der Waals surface area contributed by atoms with Crippen molar-refractivity contribution in [2.45, 2.75) is 31.4 Å². The first-order valence-corrected chi connectivity index (χ1v) is 7.01. The quantitative estimate of drug-likeness (QED) is 0.710. The third-order valence-electron chi connectivity index (χ3n) is 3.09. The lowest BCUT2D eigenvalue weighted by molar-refractivity contribution is -0.143. The number of carbonyl (C=O) groups is 2. The molecule has 6 nitrogen and oxygen atoms in total. The van der Waals surface area contributed by atoms with Crippen molar-refractivity contribution in [2.75, 3.05) is 13.7 Å². The molecule has 3 N–H and O–H groups in total. The Hall–Kier alpha value is -2.22. The van der Waals surface area contributed by atoms with Crippen LogP contribution in [0.15, 0.2) is 30.3 Å². The Bertz CT molecular complexity index is 511. The molecule has 0 aliphatic heterocycles. The first-order valence-electron chi connectivity index (χ1n) is 7.01. The maximum atomic E-state index is 13.2. The van der Waals surface area contributed by atoms with Gasteiger partial charge in [-0.3, -0.25) is 0 Å². The summed E-state index contributed by atoms with van der Waals surface area (Å²) in [5.41, 5.74) is 5.69. The van der Waals surface area contributed by atoms with Crippen LogP contribution in [-0.4, -0.2) is 37.7 Å². The molecule has 1 aromatic carbocycles. The molecular formula is C15H20F2N2O4. The van der Waals surface area contributed by atoms with Crippen molar-refractivity contribution >= 4 is 12.1 Å². The van der Waals surface area contributed by atoms with Crippen molar-refractivity contribution in [3.63, 3.8) is 0 Å². The molecule has 1 amide bonds. The molecular weight excluding hydrogens is 310 g/mol. The fourth-order valence-electron chi connectivity index (χ4n) is 1.76. The highest BCUT2D eigenvalue weighted by Crippen LogP contribution is 2.20. The average Bonchev–Trinajstić information content (AvgIpc) is 2.57. The Kier molecular flexibility index (Phi) is 7.40. The molecule has 23 heavy (non-hydrogen) atoms. The molecule has 128 valence electrons. The highest BCUT2D eigenvalue weighted by Gasteiger charge is 2.31. The molecule has 0 aromatic heterocycles. The van der Waals surface area contributed by atoms with Crippen molar-refractivity contribution in [3.05, 3.63) is 35.9 Å². The third kappa shape index (κ3) is 7.05. The van der Waals surface area contributed by atoms with E-state index in [1.54, 1.807) is 24.3 Å². The van der Waals surface area contributed by atoms with Crippen molar-refractivity contribution in [2.24, 2.45) is 5.73 Å². The van der Waals surface area contributed by atoms with Gasteiger partial charge in [-0.15, -0.1) is 0 Å². The van der Waals surface area contributed by atoms with Gasteiger partial charge in [-0.05, 0) is 12.0 Å². The fourth-order valence-corrected chi connectivity index (χ4v) is 1.76. The second kappa shape index (κ2) is 9.04. The van der Waals surface area contributed by atoms with Crippen LogP contribution in [-0.2, 0) is 20.9 Å². The Balaban J connectivity index is 2.52. The number of esters is 1. The van der Waals surface area contributed by atoms with Crippen LogP contribution in [0.4, 0.5) is 13.6 Å². The smallest absolute Gasteiger partial charge is 0.408 e. The summed E-state index contributed by atoms with van der Waals surface area (Å²) in [5.74, 6) is -3.93. The molecule has 0 spiro atoms. The Morgan fingerprint density at radius 3 is 2.52 bits per heavy atom. The van der Waals surface area contributed by atoms with E-state index in [0.29, 0.717) is 0 Å². The lowest BCUT2D eigenvalue weighted by atomic mass is 10.1. The zero-order chi connectivity index (χ0) is 17.3. The summed E-state index contributed by atoms with van der Waals surface area (Å²) >= 11 is 0. The van der Waals surface area contributed by atoms with Gasteiger partial charge in [0, 0.05) is 6.42 Å². The molecule has 0 radical (unpaired) electrons. The number of amides is 1. The number of hydrogen-bond acceptors (Lipinski definition) is 5. The number of alkyl carbamates (subject to hydrolysis) is 1. The van der Waals surface area contributed by atoms with Gasteiger partial charge in [0.05, 0.1) is 13.7 Å². The minimum absolute atomic E-state index is 0.000471. The van der Waals surface area contributed by atoms with E-state index in [0.717, 1.165) is 12.7 Å². The number of alkyl halides is 2. The van der Waals surface area contributed by atoms with E-state index in [9.17, 15) is 18.4 Å². The lowest BCUT2D eigenvalue weighted by Crippen LogP contribution is -2.43. The highest BCUT2D eigenvalue weighted by molar-refractivity contribution is 5.81. The van der Waals surface area contributed by atoms with Crippen molar-refractivity contribution < 1.29 is 27.8 Å². The van der Waals surface area contributed by atoms with Crippen LogP contribution >= 0.6 is 0 Å². The van der Waals surface area contributed by atoms with Gasteiger partial charge >= 0.3 is 12.1 Å². The lowest BCUT2D eigenvalue weighted by Gasteiger charge is -2.19. The Labute approximate surface area is 132 Å². The number of halogens is 2. The molecule has 8 heteroatoms. The van der Waals surface area contributed by atoms with Gasteiger partial charge in [-0.25, -0.2) is 18.4 Å². The molecule has 0 fully saturated rings. The van der Waals surface area contributed by atoms with Gasteiger partial charge in [-0.1, -0.05) is 30.3 Å². The molecule has 1 atom stereocenters. The maximum Gasteiger partial charge on any atom is 0.408 e. The summed E-state index contributed by atoms with van der Waals surface area (Å²) in [4.78, 5) is 23.2. The molecule has 0 saturated heterocycles. The molecule has 0 aliphatic carbocycles. The second-order valence-corrected chi connectivity index (χ2v) is 4.88. The number of nitrogens with two attached hydrogens (primary N) is 1. The van der Waals surface area contributed by atoms with Gasteiger partial charge in [0.25, 0.3) is 5.92 Å². The number of hydrogen-bond donors (Lipinski definition) is 2. The number of carbonyl (C=O) groups excluding carboxylic acids is 2. The molecule has 0 unspecified atom stereocenters. The minimum Gasteiger partial charge on any atom is -0.467 e. The van der Waals surface area contributed by atoms with E-state index in [4.69, 9.17) is 10.5 Å². The van der Waals surface area contributed by atoms with Crippen molar-refractivity contribution in [1.29, 1.82) is 0 Å². The highest BCUT2D eigenvalue weighted by atomic mass is 19.3. The predicted molar refractivity (Wildman–Crippen MR) is 78.8 cm³/mol. The second-order valence-electron chi connectivity index (χ2n) is 4.88. The Morgan fingerprint density at radius 2 is 1.96 bits per heavy atom. The van der Waals surface area contributed by atoms with E-state index in [1.807, 2.05) is 6.07 Å². The first-order chi connectivity index (χ1) is 10.9. The van der Waals surface area contributed by atoms with E-state index in [2.05, 4.69) is 10.1 Å². The van der Waals surface area contributed by atoms with Crippen LogP contribution in [0, 0.1) is 0 Å². The van der Waals surface area contributed by atoms with Crippen molar-refractivity contribution in [3.8, 4) is 0 Å². The number of nitrogens with one attached hydrogen (secondary N) is 1. The summed E-state index contributed by atoms with van der Waals surface area (Å²) in [6.07, 6.45) is -1.85. The van der Waals surface area contributed by atoms with Crippen LogP contribution in [0.1, 0.15) is 18.4 Å². The summed E-state index contributed by atoms with van der Waals surface area (Å²) in [6.45, 7) is -0.834. The van der Waals surface area contributed by atoms with E-state index in [1.165, 1.54) is 0 Å². The maximum absolute atomic E-state index is 13.2. The van der Waals surface area contributed by atoms with Crippen molar-refractivity contribution in [1.82, 2.24) is 5.32 Å². The summed E-state index contributed by atoms with van der Waals surface area (Å²) in [6, 6.07) is 7.67. The summed E-state index contributed by atoms with van der Waals surface area (Å²) in [5, 5.41) is 2.22. The van der Waals surface area contributed by atoms with E-state index >= 15 is 0 Å². The van der Waals surface area contributed by atoms with Gasteiger partial charge in [0.2, 0.25) is 0 Å². The van der Waals surface area contributed by atoms with Crippen LogP contribution in [0.2, 0.25) is 0 Å². The molecule has 1 aromatic rings. The monoisotopic (exact) mass is 330 g/mol. The summed E-state index contributed by atoms with van der Waals surface area (Å²) in [7, 11) is 1.10. The number of methoxy groups -OCH3 is 1. The van der Waals surface area contributed by atoms with Crippen LogP contribution in [0.5, 0.6) is 0 Å². The average molecular weight is 330 g/mol. The van der Waals surface area contributed by atoms with E-state index < -0.39 is 37.0 Å². The third-order valence-corrected chi connectivity index (χ3v) is 3.09. The first kappa shape index (κ1) is 18.8. The van der Waals surface area contributed by atoms with Crippen LogP contribution in [0.25, 0.3) is 0 Å². The molecule has 0 saturated carbocycles. The number of benzene rings is 1. The molecule has 0 bridgehead atoms. The van der Waals surface area contributed by atoms with Crippen LogP contribution in [0.3, 0.4) is 0 Å². The SMILES string of the molecule is COC(=O)[C@H](CCC(F)(F)CN)NC(=O)OCc1ccccc1. The predicted octanol–water partition coefficient (Wildman–Crippen LogP) is 1.83. The van der Waals surface area contributed by atoms with Gasteiger partial charge < -0.3 is 20.5 Å². The summed E-state index contributed by atoms with van der Waals surface area (Å²) < 4.78 is 35.8. The zero-order valence-corrected chi connectivity index (χ0v) is 12.8. The number of ether oxygens (including phenoxy) is 2.